The van der Waals surface area contributed by atoms with Crippen LogP contribution in [0.2, 0.25) is 0 Å². The number of benzene rings is 1. The molecule has 24 heavy (non-hydrogen) atoms. The maximum atomic E-state index is 11.5. The van der Waals surface area contributed by atoms with Crippen LogP contribution in [-0.4, -0.2) is 43.3 Å². The van der Waals surface area contributed by atoms with Gasteiger partial charge in [0.15, 0.2) is 5.78 Å². The van der Waals surface area contributed by atoms with Crippen molar-refractivity contribution in [3.05, 3.63) is 29.3 Å². The fourth-order valence-electron chi connectivity index (χ4n) is 2.16. The van der Waals surface area contributed by atoms with E-state index in [1.807, 2.05) is 6.92 Å². The van der Waals surface area contributed by atoms with Crippen LogP contribution in [-0.2, 0) is 11.3 Å². The number of nitrogens with one attached hydrogen (secondary N) is 1. The Morgan fingerprint density at radius 1 is 1.29 bits per heavy atom. The predicted molar refractivity (Wildman–Crippen MR) is 95.6 cm³/mol. The Hall–Kier alpha value is -1.43. The molecule has 0 aromatic heterocycles. The molecule has 0 heterocycles. The maximum absolute atomic E-state index is 11.5. The summed E-state index contributed by atoms with van der Waals surface area (Å²) in [4.78, 5) is 11.5. The second-order valence-corrected chi connectivity index (χ2v) is 6.45. The SMILES string of the molecule is CCCOCc1cc(C(C)=O)ccc1OCC(O)CNCC(C)C. The number of rotatable bonds is 12. The molecule has 0 saturated carbocycles. The standard InChI is InChI=1S/C19H31NO4/c1-5-8-23-12-17-9-16(15(4)21)6-7-19(17)24-13-18(22)11-20-10-14(2)3/h6-7,9,14,18,20,22H,5,8,10-13H2,1-4H3. The molecular weight excluding hydrogens is 306 g/mol. The lowest BCUT2D eigenvalue weighted by Gasteiger charge is -2.17. The number of hydrogen-bond donors (Lipinski definition) is 2. The zero-order valence-corrected chi connectivity index (χ0v) is 15.3. The number of ether oxygens (including phenoxy) is 2. The Morgan fingerprint density at radius 2 is 2.04 bits per heavy atom. The minimum absolute atomic E-state index is 0.0104. The lowest BCUT2D eigenvalue weighted by atomic mass is 10.1. The number of hydrogen-bond acceptors (Lipinski definition) is 5. The first-order chi connectivity index (χ1) is 11.4. The van der Waals surface area contributed by atoms with Gasteiger partial charge >= 0.3 is 0 Å². The van der Waals surface area contributed by atoms with Crippen LogP contribution in [0.15, 0.2) is 18.2 Å². The average Bonchev–Trinajstić information content (AvgIpc) is 2.53. The summed E-state index contributed by atoms with van der Waals surface area (Å²) in [7, 11) is 0. The van der Waals surface area contributed by atoms with Crippen molar-refractivity contribution in [1.82, 2.24) is 5.32 Å². The second-order valence-electron chi connectivity index (χ2n) is 6.45. The van der Waals surface area contributed by atoms with Gasteiger partial charge in [-0.3, -0.25) is 4.79 Å². The van der Waals surface area contributed by atoms with E-state index in [1.165, 1.54) is 6.92 Å². The highest BCUT2D eigenvalue weighted by Crippen LogP contribution is 2.22. The quantitative estimate of drug-likeness (QED) is 0.453. The molecule has 0 aliphatic heterocycles. The first-order valence-corrected chi connectivity index (χ1v) is 8.67. The number of carbonyl (C=O) groups is 1. The van der Waals surface area contributed by atoms with Gasteiger partial charge in [0.25, 0.3) is 0 Å². The average molecular weight is 337 g/mol. The van der Waals surface area contributed by atoms with E-state index in [-0.39, 0.29) is 12.4 Å². The molecule has 0 fully saturated rings. The molecule has 0 radical (unpaired) electrons. The van der Waals surface area contributed by atoms with Crippen LogP contribution in [0.4, 0.5) is 0 Å². The fourth-order valence-corrected chi connectivity index (χ4v) is 2.16. The Balaban J connectivity index is 2.62. The van der Waals surface area contributed by atoms with Crippen molar-refractivity contribution in [3.8, 4) is 5.75 Å². The van der Waals surface area contributed by atoms with Gasteiger partial charge in [0, 0.05) is 24.3 Å². The minimum Gasteiger partial charge on any atom is -0.490 e. The van der Waals surface area contributed by atoms with E-state index in [0.717, 1.165) is 18.5 Å². The molecule has 1 atom stereocenters. The monoisotopic (exact) mass is 337 g/mol. The van der Waals surface area contributed by atoms with Crippen LogP contribution < -0.4 is 10.1 Å². The Bertz CT molecular complexity index is 502. The van der Waals surface area contributed by atoms with Crippen molar-refractivity contribution in [2.75, 3.05) is 26.3 Å². The van der Waals surface area contributed by atoms with Crippen LogP contribution in [0.3, 0.4) is 0 Å². The first kappa shape index (κ1) is 20.6. The topological polar surface area (TPSA) is 67.8 Å². The van der Waals surface area contributed by atoms with E-state index >= 15 is 0 Å². The molecule has 136 valence electrons. The molecule has 0 spiro atoms. The third-order valence-electron chi connectivity index (χ3n) is 3.44. The molecule has 0 aliphatic rings. The summed E-state index contributed by atoms with van der Waals surface area (Å²) < 4.78 is 11.3. The molecule has 1 aromatic carbocycles. The van der Waals surface area contributed by atoms with Gasteiger partial charge in [-0.2, -0.15) is 0 Å². The lowest BCUT2D eigenvalue weighted by molar-refractivity contribution is 0.0971. The fraction of sp³-hybridized carbons (Fsp3) is 0.632. The lowest BCUT2D eigenvalue weighted by Crippen LogP contribution is -2.33. The van der Waals surface area contributed by atoms with Gasteiger partial charge in [-0.15, -0.1) is 0 Å². The van der Waals surface area contributed by atoms with Crippen molar-refractivity contribution >= 4 is 5.78 Å². The summed E-state index contributed by atoms with van der Waals surface area (Å²) in [6, 6.07) is 5.32. The zero-order valence-electron chi connectivity index (χ0n) is 15.3. The third-order valence-corrected chi connectivity index (χ3v) is 3.44. The van der Waals surface area contributed by atoms with Gasteiger partial charge in [-0.25, -0.2) is 0 Å². The van der Waals surface area contributed by atoms with Crippen LogP contribution in [0.5, 0.6) is 5.75 Å². The van der Waals surface area contributed by atoms with E-state index in [1.54, 1.807) is 18.2 Å². The summed E-state index contributed by atoms with van der Waals surface area (Å²) >= 11 is 0. The predicted octanol–water partition coefficient (Wildman–Crippen LogP) is 2.80. The van der Waals surface area contributed by atoms with Crippen molar-refractivity contribution in [3.63, 3.8) is 0 Å². The summed E-state index contributed by atoms with van der Waals surface area (Å²) in [6.07, 6.45) is 0.351. The van der Waals surface area contributed by atoms with Crippen molar-refractivity contribution in [2.45, 2.75) is 46.8 Å². The smallest absolute Gasteiger partial charge is 0.159 e. The number of aliphatic hydroxyl groups is 1. The molecule has 1 rings (SSSR count). The van der Waals surface area contributed by atoms with E-state index in [9.17, 15) is 9.90 Å². The van der Waals surface area contributed by atoms with Gasteiger partial charge in [-0.05, 0) is 44.0 Å². The van der Waals surface area contributed by atoms with E-state index in [2.05, 4.69) is 19.2 Å². The minimum atomic E-state index is -0.583. The van der Waals surface area contributed by atoms with Gasteiger partial charge < -0.3 is 19.9 Å². The van der Waals surface area contributed by atoms with Crippen molar-refractivity contribution in [2.24, 2.45) is 5.92 Å². The number of carbonyl (C=O) groups excluding carboxylic acids is 1. The summed E-state index contributed by atoms with van der Waals surface area (Å²) in [5.41, 5.74) is 1.47. The maximum Gasteiger partial charge on any atom is 0.159 e. The highest BCUT2D eigenvalue weighted by molar-refractivity contribution is 5.94. The highest BCUT2D eigenvalue weighted by atomic mass is 16.5. The summed E-state index contributed by atoms with van der Waals surface area (Å²) in [5.74, 6) is 1.20. The molecular formula is C19H31NO4. The van der Waals surface area contributed by atoms with Crippen molar-refractivity contribution < 1.29 is 19.4 Å². The highest BCUT2D eigenvalue weighted by Gasteiger charge is 2.11. The van der Waals surface area contributed by atoms with Gasteiger partial charge in [0.2, 0.25) is 0 Å². The molecule has 5 nitrogen and oxygen atoms in total. The molecule has 1 aromatic rings. The van der Waals surface area contributed by atoms with Crippen molar-refractivity contribution in [1.29, 1.82) is 0 Å². The largest absolute Gasteiger partial charge is 0.490 e. The molecule has 5 heteroatoms. The van der Waals surface area contributed by atoms with Crippen LogP contribution in [0.1, 0.15) is 50.0 Å². The van der Waals surface area contributed by atoms with E-state index in [0.29, 0.717) is 37.0 Å². The van der Waals surface area contributed by atoms with E-state index < -0.39 is 6.10 Å². The van der Waals surface area contributed by atoms with Gasteiger partial charge in [0.05, 0.1) is 6.61 Å². The van der Waals surface area contributed by atoms with Gasteiger partial charge in [-0.1, -0.05) is 20.8 Å². The van der Waals surface area contributed by atoms with Crippen LogP contribution >= 0.6 is 0 Å². The molecule has 0 amide bonds. The van der Waals surface area contributed by atoms with E-state index in [4.69, 9.17) is 9.47 Å². The molecule has 0 saturated heterocycles. The zero-order chi connectivity index (χ0) is 17.9. The number of aliphatic hydroxyl groups excluding tert-OH is 1. The first-order valence-electron chi connectivity index (χ1n) is 8.67. The van der Waals surface area contributed by atoms with Crippen LogP contribution in [0.25, 0.3) is 0 Å². The molecule has 2 N–H and O–H groups in total. The molecule has 0 bridgehead atoms. The number of ketones is 1. The summed E-state index contributed by atoms with van der Waals surface area (Å²) in [5, 5.41) is 13.2. The third kappa shape index (κ3) is 7.90. The van der Waals surface area contributed by atoms with Gasteiger partial charge in [0.1, 0.15) is 18.5 Å². The Labute approximate surface area is 145 Å². The normalized spacial score (nSPS) is 12.4. The molecule has 1 unspecified atom stereocenters. The van der Waals surface area contributed by atoms with Crippen LogP contribution in [0, 0.1) is 5.92 Å². The Kier molecular flexibility index (Phi) is 9.60. The number of Topliss-reactive ketones (excluding diaryl/α,β-unsaturated/α-hetero) is 1. The summed E-state index contributed by atoms with van der Waals surface area (Å²) in [6.45, 7) is 10.4. The Morgan fingerprint density at radius 3 is 2.67 bits per heavy atom. The second kappa shape index (κ2) is 11.2. The molecule has 0 aliphatic carbocycles.